The van der Waals surface area contributed by atoms with E-state index in [1.807, 2.05) is 25.1 Å². The number of rotatable bonds is 7. The summed E-state index contributed by atoms with van der Waals surface area (Å²) in [5, 5.41) is 12.4. The maximum Gasteiger partial charge on any atom is 0.0512 e. The van der Waals surface area contributed by atoms with Gasteiger partial charge in [0, 0.05) is 6.54 Å². The first-order valence-corrected chi connectivity index (χ1v) is 5.89. The van der Waals surface area contributed by atoms with Crippen molar-refractivity contribution in [3.8, 4) is 0 Å². The molecule has 0 aliphatic heterocycles. The molecule has 2 N–H and O–H groups in total. The summed E-state index contributed by atoms with van der Waals surface area (Å²) in [5.41, 5.74) is 1.23. The van der Waals surface area contributed by atoms with Crippen LogP contribution in [0.4, 0.5) is 0 Å². The first-order chi connectivity index (χ1) is 7.79. The van der Waals surface area contributed by atoms with Gasteiger partial charge in [0.1, 0.15) is 0 Å². The number of aliphatic hydroxyl groups excluding tert-OH is 1. The van der Waals surface area contributed by atoms with Gasteiger partial charge in [-0.2, -0.15) is 0 Å². The Bertz CT molecular complexity index is 293. The van der Waals surface area contributed by atoms with Crippen molar-refractivity contribution in [2.75, 3.05) is 13.1 Å². The largest absolute Gasteiger partial charge is 0.393 e. The highest BCUT2D eigenvalue weighted by atomic mass is 16.3. The Morgan fingerprint density at radius 1 is 1.31 bits per heavy atom. The first kappa shape index (κ1) is 12.9. The van der Waals surface area contributed by atoms with E-state index < -0.39 is 0 Å². The summed E-state index contributed by atoms with van der Waals surface area (Å²) in [6, 6.07) is 10.3. The molecule has 0 aliphatic carbocycles. The highest BCUT2D eigenvalue weighted by Gasteiger charge is 1.93. The van der Waals surface area contributed by atoms with Crippen LogP contribution in [0, 0.1) is 0 Å². The molecule has 0 saturated carbocycles. The normalized spacial score (nSPS) is 13.1. The molecule has 1 unspecified atom stereocenters. The Morgan fingerprint density at radius 2 is 2.06 bits per heavy atom. The lowest BCUT2D eigenvalue weighted by molar-refractivity contribution is 0.181. The van der Waals surface area contributed by atoms with Crippen molar-refractivity contribution in [3.05, 3.63) is 42.0 Å². The molecule has 88 valence electrons. The van der Waals surface area contributed by atoms with Gasteiger partial charge in [0.15, 0.2) is 0 Å². The lowest BCUT2D eigenvalue weighted by atomic mass is 10.2. The zero-order valence-electron chi connectivity index (χ0n) is 9.89. The van der Waals surface area contributed by atoms with Crippen LogP contribution >= 0.6 is 0 Å². The molecule has 0 aliphatic rings. The van der Waals surface area contributed by atoms with E-state index >= 15 is 0 Å². The molecule has 0 bridgehead atoms. The van der Waals surface area contributed by atoms with Gasteiger partial charge in [-0.25, -0.2) is 0 Å². The molecule has 1 atom stereocenters. The van der Waals surface area contributed by atoms with Gasteiger partial charge in [-0.15, -0.1) is 0 Å². The summed E-state index contributed by atoms with van der Waals surface area (Å²) >= 11 is 0. The van der Waals surface area contributed by atoms with E-state index in [0.29, 0.717) is 0 Å². The van der Waals surface area contributed by atoms with Crippen LogP contribution in [0.1, 0.15) is 25.3 Å². The van der Waals surface area contributed by atoms with E-state index in [9.17, 15) is 0 Å². The fourth-order valence-corrected chi connectivity index (χ4v) is 1.47. The van der Waals surface area contributed by atoms with E-state index in [1.54, 1.807) is 0 Å². The van der Waals surface area contributed by atoms with Crippen molar-refractivity contribution in [2.24, 2.45) is 0 Å². The van der Waals surface area contributed by atoms with Crippen molar-refractivity contribution < 1.29 is 5.11 Å². The maximum absolute atomic E-state index is 9.06. The second-order valence-corrected chi connectivity index (χ2v) is 4.01. The average molecular weight is 219 g/mol. The minimum atomic E-state index is -0.179. The third kappa shape index (κ3) is 6.38. The molecule has 0 spiro atoms. The Kier molecular flexibility index (Phi) is 6.54. The molecule has 0 aromatic heterocycles. The van der Waals surface area contributed by atoms with Gasteiger partial charge in [0.25, 0.3) is 0 Å². The molecule has 0 amide bonds. The Morgan fingerprint density at radius 3 is 2.75 bits per heavy atom. The topological polar surface area (TPSA) is 32.3 Å². The lowest BCUT2D eigenvalue weighted by Gasteiger charge is -2.03. The van der Waals surface area contributed by atoms with Crippen LogP contribution < -0.4 is 5.32 Å². The molecule has 1 aromatic rings. The molecular formula is C14H21NO. The summed E-state index contributed by atoms with van der Waals surface area (Å²) in [6.45, 7) is 3.67. The quantitative estimate of drug-likeness (QED) is 0.690. The van der Waals surface area contributed by atoms with Gasteiger partial charge >= 0.3 is 0 Å². The third-order valence-electron chi connectivity index (χ3n) is 2.35. The molecule has 1 aromatic carbocycles. The van der Waals surface area contributed by atoms with Crippen LogP contribution in [0.25, 0.3) is 6.08 Å². The third-order valence-corrected chi connectivity index (χ3v) is 2.35. The van der Waals surface area contributed by atoms with Gasteiger partial charge in [-0.3, -0.25) is 0 Å². The minimum Gasteiger partial charge on any atom is -0.393 e. The monoisotopic (exact) mass is 219 g/mol. The van der Waals surface area contributed by atoms with Crippen LogP contribution in [0.3, 0.4) is 0 Å². The molecule has 0 radical (unpaired) electrons. The van der Waals surface area contributed by atoms with E-state index in [4.69, 9.17) is 5.11 Å². The first-order valence-electron chi connectivity index (χ1n) is 5.89. The van der Waals surface area contributed by atoms with Crippen molar-refractivity contribution in [3.63, 3.8) is 0 Å². The van der Waals surface area contributed by atoms with Crippen LogP contribution in [0.5, 0.6) is 0 Å². The predicted octanol–water partition coefficient (Wildman–Crippen LogP) is 2.45. The van der Waals surface area contributed by atoms with E-state index in [-0.39, 0.29) is 6.10 Å². The average Bonchev–Trinajstić information content (AvgIpc) is 2.29. The van der Waals surface area contributed by atoms with Gasteiger partial charge < -0.3 is 10.4 Å². The smallest absolute Gasteiger partial charge is 0.0512 e. The summed E-state index contributed by atoms with van der Waals surface area (Å²) in [6.07, 6.45) is 5.95. The van der Waals surface area contributed by atoms with Crippen molar-refractivity contribution >= 4 is 6.08 Å². The Hall–Kier alpha value is -1.12. The van der Waals surface area contributed by atoms with Crippen LogP contribution in [0.15, 0.2) is 36.4 Å². The fraction of sp³-hybridized carbons (Fsp3) is 0.429. The second-order valence-electron chi connectivity index (χ2n) is 4.01. The highest BCUT2D eigenvalue weighted by Crippen LogP contribution is 2.00. The van der Waals surface area contributed by atoms with Crippen molar-refractivity contribution in [1.82, 2.24) is 5.32 Å². The van der Waals surface area contributed by atoms with E-state index in [1.165, 1.54) is 5.56 Å². The molecule has 0 saturated heterocycles. The molecule has 2 nitrogen and oxygen atoms in total. The van der Waals surface area contributed by atoms with Gasteiger partial charge in [0.05, 0.1) is 6.10 Å². The molecule has 16 heavy (non-hydrogen) atoms. The molecule has 0 fully saturated rings. The SMILES string of the molecule is CC(O)CCCNC/C=C/c1ccccc1. The second kappa shape index (κ2) is 8.08. The van der Waals surface area contributed by atoms with Gasteiger partial charge in [-0.1, -0.05) is 42.5 Å². The minimum absolute atomic E-state index is 0.179. The standard InChI is InChI=1S/C14H21NO/c1-13(16)7-5-11-15-12-6-10-14-8-3-2-4-9-14/h2-4,6,8-10,13,15-16H,5,7,11-12H2,1H3/b10-6+. The zero-order valence-corrected chi connectivity index (χ0v) is 9.89. The zero-order chi connectivity index (χ0) is 11.6. The summed E-state index contributed by atoms with van der Waals surface area (Å²) in [5.74, 6) is 0. The Balaban J connectivity index is 2.05. The Labute approximate surface area is 98.0 Å². The summed E-state index contributed by atoms with van der Waals surface area (Å²) in [7, 11) is 0. The van der Waals surface area contributed by atoms with Crippen molar-refractivity contribution in [2.45, 2.75) is 25.9 Å². The molecule has 1 rings (SSSR count). The summed E-state index contributed by atoms with van der Waals surface area (Å²) in [4.78, 5) is 0. The van der Waals surface area contributed by atoms with E-state index in [2.05, 4.69) is 29.6 Å². The molecular weight excluding hydrogens is 198 g/mol. The summed E-state index contributed by atoms with van der Waals surface area (Å²) < 4.78 is 0. The van der Waals surface area contributed by atoms with Crippen LogP contribution in [-0.2, 0) is 0 Å². The van der Waals surface area contributed by atoms with E-state index in [0.717, 1.165) is 25.9 Å². The number of nitrogens with one attached hydrogen (secondary N) is 1. The van der Waals surface area contributed by atoms with Crippen LogP contribution in [-0.4, -0.2) is 24.3 Å². The van der Waals surface area contributed by atoms with Crippen molar-refractivity contribution in [1.29, 1.82) is 0 Å². The lowest BCUT2D eigenvalue weighted by Crippen LogP contribution is -2.16. The number of hydrogen-bond acceptors (Lipinski definition) is 2. The fourth-order valence-electron chi connectivity index (χ4n) is 1.47. The van der Waals surface area contributed by atoms with Gasteiger partial charge in [0.2, 0.25) is 0 Å². The maximum atomic E-state index is 9.06. The van der Waals surface area contributed by atoms with Crippen LogP contribution in [0.2, 0.25) is 0 Å². The highest BCUT2D eigenvalue weighted by molar-refractivity contribution is 5.48. The number of aliphatic hydroxyl groups is 1. The number of benzene rings is 1. The predicted molar refractivity (Wildman–Crippen MR) is 69.3 cm³/mol. The molecule has 2 heteroatoms. The number of hydrogen-bond donors (Lipinski definition) is 2. The molecule has 0 heterocycles. The van der Waals surface area contributed by atoms with Gasteiger partial charge in [-0.05, 0) is 31.9 Å².